The highest BCUT2D eigenvalue weighted by Gasteiger charge is 2.28. The Morgan fingerprint density at radius 1 is 0.968 bits per heavy atom. The van der Waals surface area contributed by atoms with Crippen LogP contribution in [0.2, 0.25) is 0 Å². The smallest absolute Gasteiger partial charge is 0.234 e. The Balaban J connectivity index is 1.22. The van der Waals surface area contributed by atoms with Gasteiger partial charge < -0.3 is 5.32 Å². The van der Waals surface area contributed by atoms with Gasteiger partial charge in [-0.25, -0.2) is 8.42 Å². The number of rotatable bonds is 7. The molecule has 1 atom stereocenters. The topological polar surface area (TPSA) is 69.7 Å². The molecule has 0 spiro atoms. The molecule has 166 valence electrons. The average Bonchev–Trinajstić information content (AvgIpc) is 2.78. The van der Waals surface area contributed by atoms with Gasteiger partial charge >= 0.3 is 0 Å². The van der Waals surface area contributed by atoms with Gasteiger partial charge in [0.05, 0.1) is 12.3 Å². The van der Waals surface area contributed by atoms with Crippen molar-refractivity contribution in [3.05, 3.63) is 71.3 Å². The van der Waals surface area contributed by atoms with E-state index in [9.17, 15) is 13.2 Å². The number of benzene rings is 2. The first-order valence-corrected chi connectivity index (χ1v) is 12.7. The second kappa shape index (κ2) is 9.94. The number of aryl methyl sites for hydroxylation is 1. The van der Waals surface area contributed by atoms with Gasteiger partial charge in [-0.15, -0.1) is 0 Å². The summed E-state index contributed by atoms with van der Waals surface area (Å²) in [6, 6.07) is 17.8. The van der Waals surface area contributed by atoms with Gasteiger partial charge in [0.25, 0.3) is 0 Å². The fourth-order valence-corrected chi connectivity index (χ4v) is 6.12. The van der Waals surface area contributed by atoms with Crippen LogP contribution in [0.15, 0.2) is 54.6 Å². The van der Waals surface area contributed by atoms with Gasteiger partial charge in [-0.05, 0) is 36.0 Å². The van der Waals surface area contributed by atoms with Gasteiger partial charge in [-0.2, -0.15) is 4.31 Å². The Morgan fingerprint density at radius 2 is 1.68 bits per heavy atom. The summed E-state index contributed by atoms with van der Waals surface area (Å²) in [5, 5.41) is 3.10. The fraction of sp³-hybridized carbons (Fsp3) is 0.458. The largest absolute Gasteiger partial charge is 0.354 e. The van der Waals surface area contributed by atoms with Crippen molar-refractivity contribution < 1.29 is 13.2 Å². The number of fused-ring (bicyclic) bond motifs is 1. The van der Waals surface area contributed by atoms with Crippen molar-refractivity contribution in [3.63, 3.8) is 0 Å². The summed E-state index contributed by atoms with van der Waals surface area (Å²) in [5.41, 5.74) is 3.57. The number of hydrogen-bond acceptors (Lipinski definition) is 4. The Kier molecular flexibility index (Phi) is 7.05. The third kappa shape index (κ3) is 5.73. The van der Waals surface area contributed by atoms with E-state index in [2.05, 4.69) is 29.6 Å². The van der Waals surface area contributed by atoms with Crippen molar-refractivity contribution in [1.82, 2.24) is 14.5 Å². The van der Waals surface area contributed by atoms with Crippen molar-refractivity contribution >= 4 is 15.9 Å². The van der Waals surface area contributed by atoms with E-state index >= 15 is 0 Å². The molecule has 1 aliphatic heterocycles. The van der Waals surface area contributed by atoms with Crippen LogP contribution >= 0.6 is 0 Å². The van der Waals surface area contributed by atoms with E-state index in [0.29, 0.717) is 45.2 Å². The molecule has 4 rings (SSSR count). The zero-order valence-corrected chi connectivity index (χ0v) is 18.7. The summed E-state index contributed by atoms with van der Waals surface area (Å²) >= 11 is 0. The highest BCUT2D eigenvalue weighted by molar-refractivity contribution is 7.88. The Hall–Kier alpha value is -2.22. The third-order valence-corrected chi connectivity index (χ3v) is 8.17. The SMILES string of the molecule is O=C(CN1CCN(S(=O)(=O)Cc2ccccc2)CC1)NCC1CCCc2ccccc21. The van der Waals surface area contributed by atoms with E-state index in [0.717, 1.165) is 24.8 Å². The highest BCUT2D eigenvalue weighted by atomic mass is 32.2. The molecule has 2 aromatic rings. The molecule has 6 nitrogen and oxygen atoms in total. The van der Waals surface area contributed by atoms with Crippen molar-refractivity contribution in [2.24, 2.45) is 0 Å². The minimum absolute atomic E-state index is 0.0173. The molecule has 0 radical (unpaired) electrons. The van der Waals surface area contributed by atoms with E-state index in [4.69, 9.17) is 0 Å². The lowest BCUT2D eigenvalue weighted by atomic mass is 9.83. The van der Waals surface area contributed by atoms with Crippen molar-refractivity contribution in [2.45, 2.75) is 30.9 Å². The first-order valence-electron chi connectivity index (χ1n) is 11.1. The van der Waals surface area contributed by atoms with Crippen LogP contribution in [0.4, 0.5) is 0 Å². The lowest BCUT2D eigenvalue weighted by Gasteiger charge is -2.33. The molecule has 1 fully saturated rings. The predicted molar refractivity (Wildman–Crippen MR) is 122 cm³/mol. The molecule has 7 heteroatoms. The predicted octanol–water partition coefficient (Wildman–Crippen LogP) is 2.37. The molecular formula is C24H31N3O3S. The monoisotopic (exact) mass is 441 g/mol. The lowest BCUT2D eigenvalue weighted by molar-refractivity contribution is -0.122. The van der Waals surface area contributed by atoms with Gasteiger partial charge in [0, 0.05) is 38.6 Å². The van der Waals surface area contributed by atoms with E-state index in [1.54, 1.807) is 4.31 Å². The van der Waals surface area contributed by atoms with Crippen LogP contribution in [0, 0.1) is 0 Å². The van der Waals surface area contributed by atoms with Crippen molar-refractivity contribution in [1.29, 1.82) is 0 Å². The summed E-state index contributed by atoms with van der Waals surface area (Å²) in [6.07, 6.45) is 3.39. The number of sulfonamides is 1. The van der Waals surface area contributed by atoms with Crippen LogP contribution < -0.4 is 5.32 Å². The minimum atomic E-state index is -3.34. The minimum Gasteiger partial charge on any atom is -0.354 e. The highest BCUT2D eigenvalue weighted by Crippen LogP contribution is 2.30. The second-order valence-corrected chi connectivity index (χ2v) is 10.5. The van der Waals surface area contributed by atoms with Gasteiger partial charge in [0.1, 0.15) is 0 Å². The summed E-state index contributed by atoms with van der Waals surface area (Å²) in [5.74, 6) is 0.425. The molecule has 1 aliphatic carbocycles. The number of piperazine rings is 1. The molecule has 1 amide bonds. The van der Waals surface area contributed by atoms with Gasteiger partial charge in [-0.3, -0.25) is 9.69 Å². The van der Waals surface area contributed by atoms with Crippen molar-refractivity contribution in [3.8, 4) is 0 Å². The fourth-order valence-electron chi connectivity index (χ4n) is 4.60. The molecule has 0 bridgehead atoms. The van der Waals surface area contributed by atoms with Gasteiger partial charge in [0.15, 0.2) is 0 Å². The maximum Gasteiger partial charge on any atom is 0.234 e. The lowest BCUT2D eigenvalue weighted by Crippen LogP contribution is -2.51. The number of carbonyl (C=O) groups excluding carboxylic acids is 1. The second-order valence-electron chi connectivity index (χ2n) is 8.51. The molecule has 1 saturated heterocycles. The number of carbonyl (C=O) groups is 1. The molecule has 31 heavy (non-hydrogen) atoms. The quantitative estimate of drug-likeness (QED) is 0.716. The number of amides is 1. The normalized spacial score (nSPS) is 20.2. The van der Waals surface area contributed by atoms with E-state index in [-0.39, 0.29) is 11.7 Å². The molecule has 2 aromatic carbocycles. The average molecular weight is 442 g/mol. The maximum atomic E-state index is 12.7. The van der Waals surface area contributed by atoms with Crippen LogP contribution in [0.3, 0.4) is 0 Å². The number of nitrogens with zero attached hydrogens (tertiary/aromatic N) is 2. The van der Waals surface area contributed by atoms with E-state index in [1.165, 1.54) is 11.1 Å². The van der Waals surface area contributed by atoms with Crippen LogP contribution in [0.1, 0.15) is 35.4 Å². The van der Waals surface area contributed by atoms with E-state index < -0.39 is 10.0 Å². The Labute approximate surface area is 185 Å². The summed E-state index contributed by atoms with van der Waals surface area (Å²) in [6.45, 7) is 3.00. The standard InChI is InChI=1S/C24H31N3O3S/c28-24(25-17-22-11-6-10-21-9-4-5-12-23(21)22)18-26-13-15-27(16-14-26)31(29,30)19-20-7-2-1-3-8-20/h1-5,7-9,12,22H,6,10-11,13-19H2,(H,25,28). The molecular weight excluding hydrogens is 410 g/mol. The molecule has 1 heterocycles. The summed E-state index contributed by atoms with van der Waals surface area (Å²) < 4.78 is 26.9. The van der Waals surface area contributed by atoms with Gasteiger partial charge in [-0.1, -0.05) is 54.6 Å². The van der Waals surface area contributed by atoms with Crippen LogP contribution in [-0.2, 0) is 27.0 Å². The molecule has 0 aromatic heterocycles. The van der Waals surface area contributed by atoms with Crippen LogP contribution in [0.5, 0.6) is 0 Å². The number of nitrogens with one attached hydrogen (secondary N) is 1. The molecule has 1 unspecified atom stereocenters. The Morgan fingerprint density at radius 3 is 2.45 bits per heavy atom. The zero-order chi connectivity index (χ0) is 21.7. The summed E-state index contributed by atoms with van der Waals surface area (Å²) in [7, 11) is -3.34. The van der Waals surface area contributed by atoms with E-state index in [1.807, 2.05) is 35.2 Å². The zero-order valence-electron chi connectivity index (χ0n) is 17.9. The Bertz CT molecular complexity index is 986. The van der Waals surface area contributed by atoms with Gasteiger partial charge in [0.2, 0.25) is 15.9 Å². The maximum absolute atomic E-state index is 12.7. The van der Waals surface area contributed by atoms with Crippen LogP contribution in [-0.4, -0.2) is 62.8 Å². The van der Waals surface area contributed by atoms with Crippen LogP contribution in [0.25, 0.3) is 0 Å². The first-order chi connectivity index (χ1) is 15.0. The number of hydrogen-bond donors (Lipinski definition) is 1. The summed E-state index contributed by atoms with van der Waals surface area (Å²) in [4.78, 5) is 14.5. The first kappa shape index (κ1) is 22.0. The molecule has 1 N–H and O–H groups in total. The molecule has 0 saturated carbocycles. The third-order valence-electron chi connectivity index (χ3n) is 6.32. The molecule has 2 aliphatic rings. The van der Waals surface area contributed by atoms with Crippen molar-refractivity contribution in [2.75, 3.05) is 39.3 Å².